The van der Waals surface area contributed by atoms with Gasteiger partial charge in [0.15, 0.2) is 11.5 Å². The minimum Gasteiger partial charge on any atom is -0.378 e. The lowest BCUT2D eigenvalue weighted by Crippen LogP contribution is -2.37. The maximum atomic E-state index is 5.54. The van der Waals surface area contributed by atoms with Gasteiger partial charge < -0.3 is 9.64 Å². The van der Waals surface area contributed by atoms with Crippen molar-refractivity contribution in [1.82, 2.24) is 19.6 Å². The molecule has 8 nitrogen and oxygen atoms in total. The first-order valence-electron chi connectivity index (χ1n) is 10.8. The SMILES string of the molecule is c1ccc2sc(CN=Nc3cc(N4CCOCC4)n4nc(-c5ccncc5)cc4n3)cc2c1. The second-order valence-electron chi connectivity index (χ2n) is 7.76. The zero-order valence-electron chi connectivity index (χ0n) is 17.8. The smallest absolute Gasteiger partial charge is 0.179 e. The minimum absolute atomic E-state index is 0.528. The third-order valence-electron chi connectivity index (χ3n) is 5.58. The van der Waals surface area contributed by atoms with Crippen molar-refractivity contribution in [2.45, 2.75) is 6.54 Å². The number of azo groups is 1. The highest BCUT2D eigenvalue weighted by molar-refractivity contribution is 7.19. The maximum absolute atomic E-state index is 5.54. The highest BCUT2D eigenvalue weighted by Crippen LogP contribution is 2.28. The summed E-state index contributed by atoms with van der Waals surface area (Å²) in [5, 5.41) is 15.0. The first-order valence-corrected chi connectivity index (χ1v) is 11.6. The van der Waals surface area contributed by atoms with Crippen LogP contribution < -0.4 is 4.90 Å². The van der Waals surface area contributed by atoms with E-state index >= 15 is 0 Å². The van der Waals surface area contributed by atoms with Gasteiger partial charge in [0.05, 0.1) is 25.5 Å². The molecular weight excluding hydrogens is 434 g/mol. The summed E-state index contributed by atoms with van der Waals surface area (Å²) in [7, 11) is 0. The second-order valence-corrected chi connectivity index (χ2v) is 8.93. The number of morpholine rings is 1. The summed E-state index contributed by atoms with van der Waals surface area (Å²) in [6, 6.07) is 18.4. The standard InChI is InChI=1S/C24H21N7OS/c1-2-4-21-18(3-1)13-19(33-21)16-26-28-22-15-24(30-9-11-32-12-10-30)31-23(27-22)14-20(29-31)17-5-7-25-8-6-17/h1-8,13-15H,9-12,16H2. The van der Waals surface area contributed by atoms with Crippen LogP contribution in [0.15, 0.2) is 77.2 Å². The quantitative estimate of drug-likeness (QED) is 0.343. The molecule has 6 rings (SSSR count). The number of ether oxygens (including phenoxy) is 1. The van der Waals surface area contributed by atoms with E-state index in [0.29, 0.717) is 25.6 Å². The fourth-order valence-corrected chi connectivity index (χ4v) is 4.95. The van der Waals surface area contributed by atoms with E-state index in [1.807, 2.05) is 28.8 Å². The van der Waals surface area contributed by atoms with E-state index in [1.54, 1.807) is 23.7 Å². The van der Waals surface area contributed by atoms with Gasteiger partial charge >= 0.3 is 0 Å². The van der Waals surface area contributed by atoms with Crippen molar-refractivity contribution in [2.75, 3.05) is 31.2 Å². The molecule has 5 heterocycles. The van der Waals surface area contributed by atoms with Gasteiger partial charge in [0.1, 0.15) is 5.82 Å². The molecule has 5 aromatic rings. The Hall–Kier alpha value is -3.69. The zero-order chi connectivity index (χ0) is 22.0. The molecule has 0 bridgehead atoms. The van der Waals surface area contributed by atoms with E-state index < -0.39 is 0 Å². The fourth-order valence-electron chi connectivity index (χ4n) is 3.97. The Morgan fingerprint density at radius 3 is 2.70 bits per heavy atom. The third kappa shape index (κ3) is 4.08. The van der Waals surface area contributed by atoms with Gasteiger partial charge in [-0.2, -0.15) is 14.7 Å². The molecular formula is C24H21N7OS. The molecule has 1 aromatic carbocycles. The van der Waals surface area contributed by atoms with Crippen LogP contribution in [-0.2, 0) is 11.3 Å². The molecule has 0 atom stereocenters. The van der Waals surface area contributed by atoms with Gasteiger partial charge in [-0.1, -0.05) is 18.2 Å². The van der Waals surface area contributed by atoms with Crippen LogP contribution in [0.3, 0.4) is 0 Å². The Balaban J connectivity index is 1.35. The van der Waals surface area contributed by atoms with Crippen LogP contribution in [0.2, 0.25) is 0 Å². The van der Waals surface area contributed by atoms with Gasteiger partial charge in [0.25, 0.3) is 0 Å². The molecule has 4 aromatic heterocycles. The number of pyridine rings is 1. The predicted octanol–water partition coefficient (Wildman–Crippen LogP) is 5.13. The van der Waals surface area contributed by atoms with Gasteiger partial charge in [0.2, 0.25) is 0 Å². The van der Waals surface area contributed by atoms with Crippen LogP contribution in [0.25, 0.3) is 27.0 Å². The van der Waals surface area contributed by atoms with Gasteiger partial charge in [-0.25, -0.2) is 4.98 Å². The topological polar surface area (TPSA) is 80.3 Å². The van der Waals surface area contributed by atoms with Gasteiger partial charge in [0, 0.05) is 52.8 Å². The van der Waals surface area contributed by atoms with Crippen LogP contribution in [0, 0.1) is 0 Å². The van der Waals surface area contributed by atoms with Gasteiger partial charge in [-0.3, -0.25) is 4.98 Å². The predicted molar refractivity (Wildman–Crippen MR) is 129 cm³/mol. The monoisotopic (exact) mass is 455 g/mol. The minimum atomic E-state index is 0.528. The van der Waals surface area contributed by atoms with Crippen molar-refractivity contribution in [1.29, 1.82) is 0 Å². The summed E-state index contributed by atoms with van der Waals surface area (Å²) in [6.45, 7) is 3.49. The van der Waals surface area contributed by atoms with E-state index in [2.05, 4.69) is 50.4 Å². The third-order valence-corrected chi connectivity index (χ3v) is 6.68. The Bertz CT molecular complexity index is 1400. The number of fused-ring (bicyclic) bond motifs is 2. The van der Waals surface area contributed by atoms with E-state index in [0.717, 1.165) is 35.8 Å². The zero-order valence-corrected chi connectivity index (χ0v) is 18.6. The van der Waals surface area contributed by atoms with Crippen molar-refractivity contribution < 1.29 is 4.74 Å². The Labute approximate surface area is 194 Å². The van der Waals surface area contributed by atoms with Crippen LogP contribution >= 0.6 is 11.3 Å². The number of rotatable bonds is 5. The Morgan fingerprint density at radius 2 is 1.85 bits per heavy atom. The number of benzene rings is 1. The first kappa shape index (κ1) is 20.0. The molecule has 0 aliphatic carbocycles. The molecule has 1 fully saturated rings. The largest absolute Gasteiger partial charge is 0.378 e. The van der Waals surface area contributed by atoms with Crippen LogP contribution in [0.4, 0.5) is 11.6 Å². The van der Waals surface area contributed by atoms with Crippen LogP contribution in [0.1, 0.15) is 4.88 Å². The molecule has 0 radical (unpaired) electrons. The first-order chi connectivity index (χ1) is 16.3. The summed E-state index contributed by atoms with van der Waals surface area (Å²) in [6.07, 6.45) is 3.53. The van der Waals surface area contributed by atoms with E-state index in [1.165, 1.54) is 15.0 Å². The average molecular weight is 456 g/mol. The summed E-state index contributed by atoms with van der Waals surface area (Å²) in [4.78, 5) is 12.3. The van der Waals surface area contributed by atoms with E-state index in [-0.39, 0.29) is 0 Å². The molecule has 164 valence electrons. The number of aromatic nitrogens is 4. The summed E-state index contributed by atoms with van der Waals surface area (Å²) in [5.41, 5.74) is 2.58. The molecule has 0 amide bonds. The molecule has 0 spiro atoms. The normalized spacial score (nSPS) is 14.6. The average Bonchev–Trinajstić information content (AvgIpc) is 3.48. The van der Waals surface area contributed by atoms with Crippen LogP contribution in [-0.4, -0.2) is 45.9 Å². The number of thiophene rings is 1. The Kier molecular flexibility index (Phi) is 5.25. The number of anilines is 1. The van der Waals surface area contributed by atoms with E-state index in [4.69, 9.17) is 14.8 Å². The lowest BCUT2D eigenvalue weighted by molar-refractivity contribution is 0.122. The molecule has 1 saturated heterocycles. The van der Waals surface area contributed by atoms with Crippen molar-refractivity contribution >= 4 is 38.7 Å². The van der Waals surface area contributed by atoms with Gasteiger partial charge in [-0.15, -0.1) is 16.5 Å². The molecule has 1 aliphatic heterocycles. The molecule has 0 saturated carbocycles. The van der Waals surface area contributed by atoms with Crippen molar-refractivity contribution in [3.63, 3.8) is 0 Å². The highest BCUT2D eigenvalue weighted by atomic mass is 32.1. The van der Waals surface area contributed by atoms with Gasteiger partial charge in [-0.05, 0) is 29.7 Å². The number of nitrogens with zero attached hydrogens (tertiary/aromatic N) is 7. The summed E-state index contributed by atoms with van der Waals surface area (Å²) < 4.78 is 8.69. The summed E-state index contributed by atoms with van der Waals surface area (Å²) in [5.74, 6) is 1.52. The number of hydrogen-bond acceptors (Lipinski definition) is 8. The molecule has 1 aliphatic rings. The number of hydrogen-bond donors (Lipinski definition) is 0. The fraction of sp³-hybridized carbons (Fsp3) is 0.208. The Morgan fingerprint density at radius 1 is 1.00 bits per heavy atom. The molecule has 33 heavy (non-hydrogen) atoms. The summed E-state index contributed by atoms with van der Waals surface area (Å²) >= 11 is 1.75. The maximum Gasteiger partial charge on any atom is 0.179 e. The van der Waals surface area contributed by atoms with Crippen molar-refractivity contribution in [3.05, 3.63) is 71.9 Å². The molecule has 9 heteroatoms. The second kappa shape index (κ2) is 8.68. The van der Waals surface area contributed by atoms with E-state index in [9.17, 15) is 0 Å². The molecule has 0 N–H and O–H groups in total. The lowest BCUT2D eigenvalue weighted by Gasteiger charge is -2.28. The van der Waals surface area contributed by atoms with Crippen molar-refractivity contribution in [2.24, 2.45) is 10.2 Å². The highest BCUT2D eigenvalue weighted by Gasteiger charge is 2.18. The molecule has 0 unspecified atom stereocenters. The van der Waals surface area contributed by atoms with Crippen molar-refractivity contribution in [3.8, 4) is 11.3 Å². The lowest BCUT2D eigenvalue weighted by atomic mass is 10.2. The van der Waals surface area contributed by atoms with Crippen LogP contribution in [0.5, 0.6) is 0 Å².